The second-order valence-electron chi connectivity index (χ2n) is 4.95. The summed E-state index contributed by atoms with van der Waals surface area (Å²) in [6.45, 7) is 2.07. The molecule has 1 aromatic carbocycles. The molecule has 0 aliphatic rings. The first-order valence-electron chi connectivity index (χ1n) is 6.73. The van der Waals surface area contributed by atoms with Gasteiger partial charge in [0.05, 0.1) is 7.11 Å². The van der Waals surface area contributed by atoms with Gasteiger partial charge in [-0.15, -0.1) is 0 Å². The third-order valence-electron chi connectivity index (χ3n) is 3.57. The van der Waals surface area contributed by atoms with Crippen LogP contribution in [-0.2, 0) is 13.5 Å². The summed E-state index contributed by atoms with van der Waals surface area (Å²) in [4.78, 5) is 0. The van der Waals surface area contributed by atoms with Crippen LogP contribution < -0.4 is 16.0 Å². The van der Waals surface area contributed by atoms with Gasteiger partial charge in [-0.05, 0) is 31.9 Å². The van der Waals surface area contributed by atoms with Gasteiger partial charge in [-0.3, -0.25) is 16.0 Å². The molecule has 5 heteroatoms. The number of aryl methyl sites for hydroxylation is 3. The van der Waals surface area contributed by atoms with Crippen molar-refractivity contribution in [3.8, 4) is 5.75 Å². The number of nitrogens with one attached hydrogen (secondary N) is 1. The van der Waals surface area contributed by atoms with Gasteiger partial charge in [0.1, 0.15) is 5.75 Å². The van der Waals surface area contributed by atoms with E-state index in [4.69, 9.17) is 10.6 Å². The number of methoxy groups -OCH3 is 1. The second kappa shape index (κ2) is 6.54. The zero-order chi connectivity index (χ0) is 14.5. The molecule has 3 N–H and O–H groups in total. The van der Waals surface area contributed by atoms with Crippen molar-refractivity contribution < 1.29 is 4.74 Å². The summed E-state index contributed by atoms with van der Waals surface area (Å²) in [5.41, 5.74) is 6.37. The average Bonchev–Trinajstić information content (AvgIpc) is 2.85. The highest BCUT2D eigenvalue weighted by molar-refractivity contribution is 5.39. The average molecular weight is 274 g/mol. The SMILES string of the molecule is COc1ccc(C)cc1C(CCc1ccnn1C)NN. The fourth-order valence-electron chi connectivity index (χ4n) is 2.39. The van der Waals surface area contributed by atoms with Gasteiger partial charge >= 0.3 is 0 Å². The van der Waals surface area contributed by atoms with Gasteiger partial charge in [0.2, 0.25) is 0 Å². The van der Waals surface area contributed by atoms with Crippen LogP contribution in [0, 0.1) is 6.92 Å². The van der Waals surface area contributed by atoms with Gasteiger partial charge in [-0.1, -0.05) is 17.7 Å². The van der Waals surface area contributed by atoms with Crippen LogP contribution in [0.25, 0.3) is 0 Å². The molecule has 5 nitrogen and oxygen atoms in total. The van der Waals surface area contributed by atoms with E-state index >= 15 is 0 Å². The number of nitrogens with zero attached hydrogens (tertiary/aromatic N) is 2. The van der Waals surface area contributed by atoms with Crippen LogP contribution in [0.15, 0.2) is 30.5 Å². The van der Waals surface area contributed by atoms with Crippen molar-refractivity contribution in [3.05, 3.63) is 47.3 Å². The maximum Gasteiger partial charge on any atom is 0.123 e. The Labute approximate surface area is 119 Å². The summed E-state index contributed by atoms with van der Waals surface area (Å²) < 4.78 is 7.32. The van der Waals surface area contributed by atoms with E-state index in [-0.39, 0.29) is 6.04 Å². The van der Waals surface area contributed by atoms with E-state index in [0.29, 0.717) is 0 Å². The van der Waals surface area contributed by atoms with Crippen molar-refractivity contribution >= 4 is 0 Å². The van der Waals surface area contributed by atoms with Crippen LogP contribution in [-0.4, -0.2) is 16.9 Å². The van der Waals surface area contributed by atoms with Crippen LogP contribution in [0.4, 0.5) is 0 Å². The highest BCUT2D eigenvalue weighted by Crippen LogP contribution is 2.28. The van der Waals surface area contributed by atoms with E-state index in [1.54, 1.807) is 7.11 Å². The van der Waals surface area contributed by atoms with Crippen LogP contribution in [0.3, 0.4) is 0 Å². The van der Waals surface area contributed by atoms with Gasteiger partial charge in [0.25, 0.3) is 0 Å². The highest BCUT2D eigenvalue weighted by Gasteiger charge is 2.15. The van der Waals surface area contributed by atoms with Gasteiger partial charge in [0, 0.05) is 30.5 Å². The second-order valence-corrected chi connectivity index (χ2v) is 4.95. The molecule has 0 bridgehead atoms. The molecule has 0 amide bonds. The standard InChI is InChI=1S/C15H22N4O/c1-11-4-7-15(20-3)13(10-11)14(18-16)6-5-12-8-9-17-19(12)2/h4,7-10,14,18H,5-6,16H2,1-3H3. The smallest absolute Gasteiger partial charge is 0.123 e. The Hall–Kier alpha value is -1.85. The third-order valence-corrected chi connectivity index (χ3v) is 3.57. The molecule has 1 atom stereocenters. The minimum absolute atomic E-state index is 0.0553. The van der Waals surface area contributed by atoms with Crippen molar-refractivity contribution in [2.45, 2.75) is 25.8 Å². The summed E-state index contributed by atoms with van der Waals surface area (Å²) >= 11 is 0. The van der Waals surface area contributed by atoms with E-state index in [9.17, 15) is 0 Å². The molecule has 0 aliphatic heterocycles. The molecule has 1 heterocycles. The molecular formula is C15H22N4O. The number of hydrogen-bond acceptors (Lipinski definition) is 4. The lowest BCUT2D eigenvalue weighted by molar-refractivity contribution is 0.395. The molecule has 0 aliphatic carbocycles. The predicted octanol–water partition coefficient (Wildman–Crippen LogP) is 1.87. The molecule has 2 aromatic rings. The summed E-state index contributed by atoms with van der Waals surface area (Å²) in [5.74, 6) is 6.59. The quantitative estimate of drug-likeness (QED) is 0.623. The molecule has 0 spiro atoms. The number of hydrogen-bond donors (Lipinski definition) is 2. The van der Waals surface area contributed by atoms with Crippen LogP contribution >= 0.6 is 0 Å². The van der Waals surface area contributed by atoms with E-state index in [0.717, 1.165) is 24.2 Å². The first kappa shape index (κ1) is 14.6. The number of nitrogens with two attached hydrogens (primary N) is 1. The van der Waals surface area contributed by atoms with Crippen molar-refractivity contribution in [1.29, 1.82) is 0 Å². The van der Waals surface area contributed by atoms with Crippen LogP contribution in [0.1, 0.15) is 29.3 Å². The van der Waals surface area contributed by atoms with Crippen LogP contribution in [0.2, 0.25) is 0 Å². The molecule has 0 radical (unpaired) electrons. The lowest BCUT2D eigenvalue weighted by atomic mass is 9.99. The Bertz CT molecular complexity index is 565. The summed E-state index contributed by atoms with van der Waals surface area (Å²) in [7, 11) is 3.64. The topological polar surface area (TPSA) is 65.1 Å². The maximum atomic E-state index is 5.73. The number of ether oxygens (including phenoxy) is 1. The van der Waals surface area contributed by atoms with E-state index in [1.165, 1.54) is 11.3 Å². The first-order chi connectivity index (χ1) is 9.65. The predicted molar refractivity (Wildman–Crippen MR) is 79.3 cm³/mol. The molecule has 1 aromatic heterocycles. The molecule has 0 saturated carbocycles. The molecule has 0 saturated heterocycles. The van der Waals surface area contributed by atoms with Gasteiger partial charge in [0.15, 0.2) is 0 Å². The lowest BCUT2D eigenvalue weighted by Crippen LogP contribution is -2.29. The summed E-state index contributed by atoms with van der Waals surface area (Å²) in [6.07, 6.45) is 3.60. The van der Waals surface area contributed by atoms with Crippen molar-refractivity contribution in [2.24, 2.45) is 12.9 Å². The molecule has 1 unspecified atom stereocenters. The minimum atomic E-state index is 0.0553. The van der Waals surface area contributed by atoms with Crippen molar-refractivity contribution in [3.63, 3.8) is 0 Å². The number of benzene rings is 1. The first-order valence-corrected chi connectivity index (χ1v) is 6.73. The highest BCUT2D eigenvalue weighted by atomic mass is 16.5. The number of rotatable bonds is 6. The van der Waals surface area contributed by atoms with E-state index < -0.39 is 0 Å². The molecular weight excluding hydrogens is 252 g/mol. The summed E-state index contributed by atoms with van der Waals surface area (Å²) in [5, 5.41) is 4.18. The fraction of sp³-hybridized carbons (Fsp3) is 0.400. The molecule has 20 heavy (non-hydrogen) atoms. The number of aromatic nitrogens is 2. The van der Waals surface area contributed by atoms with Gasteiger partial charge in [-0.2, -0.15) is 5.10 Å². The molecule has 2 rings (SSSR count). The Morgan fingerprint density at radius 1 is 1.40 bits per heavy atom. The fourth-order valence-corrected chi connectivity index (χ4v) is 2.39. The van der Waals surface area contributed by atoms with E-state index in [2.05, 4.69) is 23.5 Å². The Morgan fingerprint density at radius 3 is 2.80 bits per heavy atom. The third kappa shape index (κ3) is 3.18. The van der Waals surface area contributed by atoms with Crippen molar-refractivity contribution in [1.82, 2.24) is 15.2 Å². The normalized spacial score (nSPS) is 12.4. The van der Waals surface area contributed by atoms with Gasteiger partial charge < -0.3 is 4.74 Å². The molecule has 108 valence electrons. The lowest BCUT2D eigenvalue weighted by Gasteiger charge is -2.19. The van der Waals surface area contributed by atoms with Crippen molar-refractivity contribution in [2.75, 3.05) is 7.11 Å². The van der Waals surface area contributed by atoms with Gasteiger partial charge in [-0.25, -0.2) is 0 Å². The zero-order valence-electron chi connectivity index (χ0n) is 12.3. The minimum Gasteiger partial charge on any atom is -0.496 e. The summed E-state index contributed by atoms with van der Waals surface area (Å²) in [6, 6.07) is 8.23. The zero-order valence-corrected chi connectivity index (χ0v) is 12.3. The van der Waals surface area contributed by atoms with E-state index in [1.807, 2.05) is 36.1 Å². The molecule has 0 fully saturated rings. The monoisotopic (exact) mass is 274 g/mol. The number of hydrazine groups is 1. The van der Waals surface area contributed by atoms with Crippen LogP contribution in [0.5, 0.6) is 5.75 Å². The largest absolute Gasteiger partial charge is 0.496 e. The Balaban J connectivity index is 2.16. The Morgan fingerprint density at radius 2 is 2.20 bits per heavy atom. The Kier molecular flexibility index (Phi) is 4.76. The maximum absolute atomic E-state index is 5.73.